The molecule has 0 aromatic carbocycles. The summed E-state index contributed by atoms with van der Waals surface area (Å²) < 4.78 is 0. The van der Waals surface area contributed by atoms with Crippen molar-refractivity contribution in [2.75, 3.05) is 23.3 Å². The molecule has 1 aliphatic rings. The molecule has 7 nitrogen and oxygen atoms in total. The lowest BCUT2D eigenvalue weighted by atomic mass is 10.0. The summed E-state index contributed by atoms with van der Waals surface area (Å²) in [5.74, 6) is 2.04. The van der Waals surface area contributed by atoms with Gasteiger partial charge in [0, 0.05) is 37.1 Å². The number of nitrogens with zero attached hydrogens (tertiary/aromatic N) is 5. The van der Waals surface area contributed by atoms with Gasteiger partial charge in [-0.3, -0.25) is 0 Å². The summed E-state index contributed by atoms with van der Waals surface area (Å²) in [5, 5.41) is 8.31. The van der Waals surface area contributed by atoms with Crippen LogP contribution < -0.4 is 15.5 Å². The van der Waals surface area contributed by atoms with Gasteiger partial charge in [-0.25, -0.2) is 15.0 Å². The van der Waals surface area contributed by atoms with E-state index in [1.807, 2.05) is 6.07 Å². The van der Waals surface area contributed by atoms with Crippen LogP contribution in [0.15, 0.2) is 34.7 Å². The van der Waals surface area contributed by atoms with Gasteiger partial charge in [0.2, 0.25) is 5.95 Å². The van der Waals surface area contributed by atoms with Crippen LogP contribution in [-0.2, 0) is 0 Å². The molecular formula is C19H27N7S2. The van der Waals surface area contributed by atoms with Gasteiger partial charge in [-0.15, -0.1) is 0 Å². The number of nitrogens with one attached hydrogen (secondary N) is 2. The number of anilines is 2. The van der Waals surface area contributed by atoms with Crippen molar-refractivity contribution in [3.63, 3.8) is 0 Å². The molecule has 9 heteroatoms. The highest BCUT2D eigenvalue weighted by Gasteiger charge is 2.20. The summed E-state index contributed by atoms with van der Waals surface area (Å²) >= 11 is 6.85. The molecule has 0 amide bonds. The Morgan fingerprint density at radius 2 is 2.00 bits per heavy atom. The van der Waals surface area contributed by atoms with Crippen molar-refractivity contribution in [2.24, 2.45) is 5.92 Å². The van der Waals surface area contributed by atoms with E-state index in [-0.39, 0.29) is 5.54 Å². The van der Waals surface area contributed by atoms with E-state index in [2.05, 4.69) is 58.2 Å². The molecule has 0 bridgehead atoms. The van der Waals surface area contributed by atoms with E-state index in [9.17, 15) is 0 Å². The predicted octanol–water partition coefficient (Wildman–Crippen LogP) is 3.74. The Morgan fingerprint density at radius 3 is 2.68 bits per heavy atom. The molecule has 1 saturated heterocycles. The van der Waals surface area contributed by atoms with Crippen molar-refractivity contribution in [1.82, 2.24) is 25.3 Å². The first-order chi connectivity index (χ1) is 13.3. The normalized spacial score (nSPS) is 17.3. The lowest BCUT2D eigenvalue weighted by Gasteiger charge is -2.32. The fourth-order valence-corrected chi connectivity index (χ4v) is 4.09. The third-order valence-electron chi connectivity index (χ3n) is 4.12. The molecular weight excluding hydrogens is 390 g/mol. The highest BCUT2D eigenvalue weighted by molar-refractivity contribution is 7.99. The molecule has 2 aromatic rings. The molecule has 3 rings (SSSR count). The van der Waals surface area contributed by atoms with E-state index in [1.54, 1.807) is 18.5 Å². The molecule has 1 atom stereocenters. The summed E-state index contributed by atoms with van der Waals surface area (Å²) in [5.41, 5.74) is -0.139. The molecule has 2 aromatic heterocycles. The first-order valence-electron chi connectivity index (χ1n) is 9.46. The Kier molecular flexibility index (Phi) is 6.66. The van der Waals surface area contributed by atoms with E-state index in [0.717, 1.165) is 23.9 Å². The number of piperidine rings is 1. The SMILES string of the molecule is C[C@H]1CCCN(c2cc(Sc3ncccn3)nc(NC(=S)NC(C)(C)C)n2)C1. The summed E-state index contributed by atoms with van der Waals surface area (Å²) in [6.45, 7) is 10.4. The topological polar surface area (TPSA) is 78.9 Å². The summed E-state index contributed by atoms with van der Waals surface area (Å²) in [6, 6.07) is 3.80. The third kappa shape index (κ3) is 6.27. The van der Waals surface area contributed by atoms with Gasteiger partial charge in [0.05, 0.1) is 0 Å². The first-order valence-corrected chi connectivity index (χ1v) is 10.7. The van der Waals surface area contributed by atoms with Crippen molar-refractivity contribution in [3.05, 3.63) is 24.5 Å². The zero-order chi connectivity index (χ0) is 20.1. The van der Waals surface area contributed by atoms with E-state index in [0.29, 0.717) is 22.1 Å². The van der Waals surface area contributed by atoms with E-state index in [4.69, 9.17) is 17.2 Å². The van der Waals surface area contributed by atoms with Crippen LogP contribution in [0.4, 0.5) is 11.8 Å². The van der Waals surface area contributed by atoms with Crippen LogP contribution in [0.1, 0.15) is 40.5 Å². The third-order valence-corrected chi connectivity index (χ3v) is 5.14. The summed E-state index contributed by atoms with van der Waals surface area (Å²) in [4.78, 5) is 20.2. The Balaban J connectivity index is 1.86. The maximum Gasteiger partial charge on any atom is 0.232 e. The number of thiocarbonyl (C=S) groups is 1. The van der Waals surface area contributed by atoms with E-state index >= 15 is 0 Å². The fraction of sp³-hybridized carbons (Fsp3) is 0.526. The smallest absolute Gasteiger partial charge is 0.232 e. The maximum atomic E-state index is 5.43. The van der Waals surface area contributed by atoms with Gasteiger partial charge in [-0.05, 0) is 69.6 Å². The van der Waals surface area contributed by atoms with E-state index in [1.165, 1.54) is 24.6 Å². The molecule has 28 heavy (non-hydrogen) atoms. The molecule has 0 aliphatic carbocycles. The maximum absolute atomic E-state index is 5.43. The number of hydrogen-bond donors (Lipinski definition) is 2. The summed E-state index contributed by atoms with van der Waals surface area (Å²) in [6.07, 6.45) is 5.88. The summed E-state index contributed by atoms with van der Waals surface area (Å²) in [7, 11) is 0. The van der Waals surface area contributed by atoms with Gasteiger partial charge in [-0.2, -0.15) is 4.98 Å². The van der Waals surface area contributed by atoms with Crippen LogP contribution in [0.2, 0.25) is 0 Å². The standard InChI is InChI=1S/C19H27N7S2/c1-13-7-5-10-26(12-13)14-11-15(28-18-20-8-6-9-21-18)23-16(22-14)24-17(27)25-19(2,3)4/h6,8-9,11,13H,5,7,10,12H2,1-4H3,(H2,22,23,24,25,27)/t13-/m0/s1. The molecule has 1 aliphatic heterocycles. The van der Waals surface area contributed by atoms with Crippen LogP contribution >= 0.6 is 24.0 Å². The fourth-order valence-electron chi connectivity index (χ4n) is 2.99. The van der Waals surface area contributed by atoms with Crippen molar-refractivity contribution in [2.45, 2.75) is 56.3 Å². The molecule has 0 spiro atoms. The zero-order valence-electron chi connectivity index (χ0n) is 16.8. The first kappa shape index (κ1) is 20.7. The van der Waals surface area contributed by atoms with Crippen molar-refractivity contribution in [1.29, 1.82) is 0 Å². The van der Waals surface area contributed by atoms with Crippen LogP contribution in [-0.4, -0.2) is 43.7 Å². The number of rotatable bonds is 4. The van der Waals surface area contributed by atoms with Gasteiger partial charge in [0.1, 0.15) is 10.8 Å². The van der Waals surface area contributed by atoms with Gasteiger partial charge in [0.25, 0.3) is 0 Å². The average molecular weight is 418 g/mol. The van der Waals surface area contributed by atoms with Crippen LogP contribution in [0.3, 0.4) is 0 Å². The van der Waals surface area contributed by atoms with Gasteiger partial charge in [0.15, 0.2) is 10.3 Å². The zero-order valence-corrected chi connectivity index (χ0v) is 18.4. The minimum atomic E-state index is -0.139. The Bertz CT molecular complexity index is 808. The second-order valence-corrected chi connectivity index (χ2v) is 9.44. The molecule has 0 radical (unpaired) electrons. The van der Waals surface area contributed by atoms with Crippen molar-refractivity contribution in [3.8, 4) is 0 Å². The highest BCUT2D eigenvalue weighted by Crippen LogP contribution is 2.29. The Labute approximate surface area is 176 Å². The highest BCUT2D eigenvalue weighted by atomic mass is 32.2. The van der Waals surface area contributed by atoms with Crippen molar-refractivity contribution >= 4 is 40.9 Å². The van der Waals surface area contributed by atoms with Gasteiger partial charge in [-0.1, -0.05) is 6.92 Å². The van der Waals surface area contributed by atoms with Gasteiger partial charge >= 0.3 is 0 Å². The molecule has 1 fully saturated rings. The molecule has 150 valence electrons. The second kappa shape index (κ2) is 9.00. The largest absolute Gasteiger partial charge is 0.358 e. The molecule has 0 unspecified atom stereocenters. The molecule has 0 saturated carbocycles. The average Bonchev–Trinajstić information content (AvgIpc) is 2.60. The second-order valence-electron chi connectivity index (χ2n) is 8.04. The monoisotopic (exact) mass is 417 g/mol. The molecule has 2 N–H and O–H groups in total. The minimum absolute atomic E-state index is 0.139. The van der Waals surface area contributed by atoms with Crippen LogP contribution in [0, 0.1) is 5.92 Å². The number of hydrogen-bond acceptors (Lipinski definition) is 7. The number of aromatic nitrogens is 4. The lowest BCUT2D eigenvalue weighted by Crippen LogP contribution is -2.43. The minimum Gasteiger partial charge on any atom is -0.358 e. The van der Waals surface area contributed by atoms with Crippen molar-refractivity contribution < 1.29 is 0 Å². The van der Waals surface area contributed by atoms with Gasteiger partial charge < -0.3 is 15.5 Å². The Hall–Kier alpha value is -2.00. The quantitative estimate of drug-likeness (QED) is 0.439. The Morgan fingerprint density at radius 1 is 1.25 bits per heavy atom. The lowest BCUT2D eigenvalue weighted by molar-refractivity contribution is 0.444. The predicted molar refractivity (Wildman–Crippen MR) is 118 cm³/mol. The van der Waals surface area contributed by atoms with Crippen LogP contribution in [0.5, 0.6) is 0 Å². The molecule has 3 heterocycles. The van der Waals surface area contributed by atoms with E-state index < -0.39 is 0 Å². The van der Waals surface area contributed by atoms with Crippen LogP contribution in [0.25, 0.3) is 0 Å².